The Kier molecular flexibility index (Phi) is 8.46. The zero-order chi connectivity index (χ0) is 18.7. The van der Waals surface area contributed by atoms with Gasteiger partial charge in [0.1, 0.15) is 0 Å². The molecule has 1 aliphatic carbocycles. The molecule has 0 bridgehead atoms. The molecule has 0 aromatic heterocycles. The molecule has 1 heterocycles. The first kappa shape index (κ1) is 23.7. The maximum absolute atomic E-state index is 12.6. The number of aliphatic hydroxyl groups excluding tert-OH is 1. The Morgan fingerprint density at radius 1 is 1.31 bits per heavy atom. The third-order valence-electron chi connectivity index (χ3n) is 4.96. The molecule has 1 saturated heterocycles. The maximum Gasteiger partial charge on any atom is 0.416 e. The highest BCUT2D eigenvalue weighted by Gasteiger charge is 2.49. The highest BCUT2D eigenvalue weighted by Crippen LogP contribution is 2.38. The number of alkyl halides is 3. The molecule has 11 heteroatoms. The zero-order valence-electron chi connectivity index (χ0n) is 14.8. The molecule has 2 fully saturated rings. The summed E-state index contributed by atoms with van der Waals surface area (Å²) in [6, 6.07) is 0. The largest absolute Gasteiger partial charge is 0.416 e. The monoisotopic (exact) mass is 513 g/mol. The van der Waals surface area contributed by atoms with Crippen LogP contribution in [0.15, 0.2) is 4.99 Å². The molecule has 1 aliphatic heterocycles. The summed E-state index contributed by atoms with van der Waals surface area (Å²) in [4.78, 5) is 5.62. The van der Waals surface area contributed by atoms with Crippen LogP contribution >= 0.6 is 24.0 Å². The predicted octanol–water partition coefficient (Wildman–Crippen LogP) is 1.93. The van der Waals surface area contributed by atoms with Crippen LogP contribution in [0.25, 0.3) is 0 Å². The van der Waals surface area contributed by atoms with Crippen LogP contribution in [0.4, 0.5) is 13.2 Å². The molecule has 1 saturated carbocycles. The molecule has 154 valence electrons. The summed E-state index contributed by atoms with van der Waals surface area (Å²) in [6.45, 7) is 1.85. The molecule has 0 aromatic carbocycles. The Hall–Kier alpha value is -0.300. The first-order valence-electron chi connectivity index (χ1n) is 8.62. The van der Waals surface area contributed by atoms with Crippen molar-refractivity contribution in [3.05, 3.63) is 0 Å². The third-order valence-corrected chi connectivity index (χ3v) is 7.54. The molecule has 2 aliphatic rings. The molecule has 1 atom stereocenters. The number of hydrogen-bond acceptors (Lipinski definition) is 4. The van der Waals surface area contributed by atoms with E-state index in [4.69, 9.17) is 5.11 Å². The van der Waals surface area contributed by atoms with Gasteiger partial charge >= 0.3 is 6.18 Å². The van der Waals surface area contributed by atoms with Crippen molar-refractivity contribution in [1.29, 1.82) is 0 Å². The molecule has 2 N–H and O–H groups in total. The number of aliphatic imine (C=N–C) groups is 1. The summed E-state index contributed by atoms with van der Waals surface area (Å²) in [6.07, 6.45) is -3.41. The van der Waals surface area contributed by atoms with Crippen LogP contribution in [0.2, 0.25) is 0 Å². The smallest absolute Gasteiger partial charge is 0.382 e. The molecule has 1 spiro atoms. The zero-order valence-corrected chi connectivity index (χ0v) is 17.9. The van der Waals surface area contributed by atoms with Gasteiger partial charge in [-0.2, -0.15) is 13.2 Å². The summed E-state index contributed by atoms with van der Waals surface area (Å²) in [5, 5.41) is 12.1. The summed E-state index contributed by atoms with van der Waals surface area (Å²) in [5.41, 5.74) is 0. The van der Waals surface area contributed by atoms with Crippen LogP contribution in [0.5, 0.6) is 0 Å². The van der Waals surface area contributed by atoms with E-state index in [0.717, 1.165) is 19.3 Å². The molecular formula is C15H27F3IN3O3S. The Morgan fingerprint density at radius 3 is 2.46 bits per heavy atom. The average molecular weight is 513 g/mol. The standard InChI is InChI=1S/C15H26F3N3O3S.HI/c1-2-19-13(20-10-12(22)15(16,17)18)21-8-9-25(23,24)14(11-21)6-4-3-5-7-14;/h12,22H,2-11H2,1H3,(H,19,20);1H. The SMILES string of the molecule is CCNC(=NCC(O)C(F)(F)F)N1CCS(=O)(=O)C2(CCCCC2)C1.I. The van der Waals surface area contributed by atoms with Crippen molar-refractivity contribution in [2.75, 3.05) is 31.9 Å². The van der Waals surface area contributed by atoms with E-state index < -0.39 is 33.4 Å². The first-order valence-corrected chi connectivity index (χ1v) is 10.3. The minimum Gasteiger partial charge on any atom is -0.382 e. The lowest BCUT2D eigenvalue weighted by Gasteiger charge is -2.45. The predicted molar refractivity (Wildman–Crippen MR) is 105 cm³/mol. The van der Waals surface area contributed by atoms with E-state index >= 15 is 0 Å². The van der Waals surface area contributed by atoms with Crippen LogP contribution in [-0.4, -0.2) is 73.3 Å². The Morgan fingerprint density at radius 2 is 1.92 bits per heavy atom. The molecule has 26 heavy (non-hydrogen) atoms. The molecule has 0 aromatic rings. The molecule has 1 unspecified atom stereocenters. The molecule has 0 amide bonds. The summed E-state index contributed by atoms with van der Waals surface area (Å²) < 4.78 is 61.8. The highest BCUT2D eigenvalue weighted by molar-refractivity contribution is 14.0. The Labute approximate surface area is 169 Å². The van der Waals surface area contributed by atoms with Gasteiger partial charge in [-0.15, -0.1) is 24.0 Å². The number of guanidine groups is 1. The van der Waals surface area contributed by atoms with E-state index in [1.807, 2.05) is 0 Å². The molecule has 0 radical (unpaired) electrons. The van der Waals surface area contributed by atoms with Gasteiger partial charge in [-0.3, -0.25) is 4.99 Å². The number of rotatable bonds is 3. The summed E-state index contributed by atoms with van der Waals surface area (Å²) >= 11 is 0. The quantitative estimate of drug-likeness (QED) is 0.343. The van der Waals surface area contributed by atoms with Crippen LogP contribution in [0.3, 0.4) is 0 Å². The van der Waals surface area contributed by atoms with Crippen molar-refractivity contribution in [3.63, 3.8) is 0 Å². The van der Waals surface area contributed by atoms with Crippen LogP contribution in [0, 0.1) is 0 Å². The number of nitrogens with zero attached hydrogens (tertiary/aromatic N) is 2. The molecule has 2 rings (SSSR count). The van der Waals surface area contributed by atoms with Gasteiger partial charge in [0, 0.05) is 19.6 Å². The average Bonchev–Trinajstić information content (AvgIpc) is 2.54. The van der Waals surface area contributed by atoms with Crippen molar-refractivity contribution in [1.82, 2.24) is 10.2 Å². The van der Waals surface area contributed by atoms with E-state index in [1.54, 1.807) is 11.8 Å². The number of aliphatic hydroxyl groups is 1. The van der Waals surface area contributed by atoms with Gasteiger partial charge in [0.2, 0.25) is 0 Å². The van der Waals surface area contributed by atoms with Gasteiger partial charge < -0.3 is 15.3 Å². The maximum atomic E-state index is 12.6. The first-order chi connectivity index (χ1) is 11.6. The third kappa shape index (κ3) is 5.37. The van der Waals surface area contributed by atoms with Crippen molar-refractivity contribution < 1.29 is 26.7 Å². The number of nitrogens with one attached hydrogen (secondary N) is 1. The van der Waals surface area contributed by atoms with Crippen LogP contribution in [0.1, 0.15) is 39.0 Å². The fraction of sp³-hybridized carbons (Fsp3) is 0.933. The number of hydrogen-bond donors (Lipinski definition) is 2. The van der Waals surface area contributed by atoms with E-state index in [2.05, 4.69) is 10.3 Å². The second-order valence-electron chi connectivity index (χ2n) is 6.74. The second-order valence-corrected chi connectivity index (χ2v) is 9.24. The lowest BCUT2D eigenvalue weighted by molar-refractivity contribution is -0.199. The van der Waals surface area contributed by atoms with Crippen LogP contribution in [-0.2, 0) is 9.84 Å². The number of halogens is 4. The lowest BCUT2D eigenvalue weighted by Crippen LogP contribution is -2.60. The fourth-order valence-electron chi connectivity index (χ4n) is 3.52. The van der Waals surface area contributed by atoms with E-state index in [1.165, 1.54) is 0 Å². The summed E-state index contributed by atoms with van der Waals surface area (Å²) in [7, 11) is -3.24. The normalized spacial score (nSPS) is 24.0. The van der Waals surface area contributed by atoms with Crippen LogP contribution < -0.4 is 5.32 Å². The van der Waals surface area contributed by atoms with Gasteiger partial charge in [0.05, 0.1) is 17.0 Å². The van der Waals surface area contributed by atoms with E-state index in [-0.39, 0.29) is 48.8 Å². The fourth-order valence-corrected chi connectivity index (χ4v) is 5.68. The summed E-state index contributed by atoms with van der Waals surface area (Å²) in [5.74, 6) is 0.199. The van der Waals surface area contributed by atoms with Gasteiger partial charge in [-0.1, -0.05) is 19.3 Å². The van der Waals surface area contributed by atoms with Crippen molar-refractivity contribution in [2.24, 2.45) is 4.99 Å². The van der Waals surface area contributed by atoms with Crippen molar-refractivity contribution in [3.8, 4) is 0 Å². The van der Waals surface area contributed by atoms with Gasteiger partial charge in [0.15, 0.2) is 21.9 Å². The van der Waals surface area contributed by atoms with E-state index in [9.17, 15) is 21.6 Å². The minimum absolute atomic E-state index is 0. The topological polar surface area (TPSA) is 82.0 Å². The Balaban J connectivity index is 0.00000338. The Bertz CT molecular complexity index is 593. The minimum atomic E-state index is -4.73. The van der Waals surface area contributed by atoms with E-state index in [0.29, 0.717) is 19.4 Å². The number of sulfone groups is 1. The highest BCUT2D eigenvalue weighted by atomic mass is 127. The van der Waals surface area contributed by atoms with Gasteiger partial charge in [0.25, 0.3) is 0 Å². The van der Waals surface area contributed by atoms with Crippen molar-refractivity contribution in [2.45, 2.75) is 56.1 Å². The van der Waals surface area contributed by atoms with Gasteiger partial charge in [-0.05, 0) is 19.8 Å². The molecular weight excluding hydrogens is 486 g/mol. The van der Waals surface area contributed by atoms with Gasteiger partial charge in [-0.25, -0.2) is 8.42 Å². The molecule has 6 nitrogen and oxygen atoms in total. The second kappa shape index (κ2) is 9.26. The van der Waals surface area contributed by atoms with Crippen molar-refractivity contribution >= 4 is 39.8 Å². The lowest BCUT2D eigenvalue weighted by atomic mass is 9.87.